The van der Waals surface area contributed by atoms with Gasteiger partial charge in [0, 0.05) is 36.9 Å². The SMILES string of the molecule is O=C(O)c1cn(-c2cccc(Cn3ccnc3)c2)c2cc(F)c(F)cc2c1=O. The van der Waals surface area contributed by atoms with E-state index < -0.39 is 28.6 Å². The molecule has 0 saturated heterocycles. The van der Waals surface area contributed by atoms with Gasteiger partial charge < -0.3 is 14.2 Å². The Morgan fingerprint density at radius 3 is 2.64 bits per heavy atom. The van der Waals surface area contributed by atoms with Gasteiger partial charge >= 0.3 is 5.97 Å². The molecule has 140 valence electrons. The lowest BCUT2D eigenvalue weighted by Crippen LogP contribution is -2.19. The zero-order valence-electron chi connectivity index (χ0n) is 14.3. The maximum atomic E-state index is 13.8. The van der Waals surface area contributed by atoms with E-state index in [1.807, 2.05) is 10.6 Å². The Morgan fingerprint density at radius 2 is 1.93 bits per heavy atom. The molecule has 4 rings (SSSR count). The largest absolute Gasteiger partial charge is 0.477 e. The summed E-state index contributed by atoms with van der Waals surface area (Å²) in [5.74, 6) is -3.79. The van der Waals surface area contributed by atoms with Gasteiger partial charge in [-0.3, -0.25) is 4.79 Å². The monoisotopic (exact) mass is 381 g/mol. The first-order chi connectivity index (χ1) is 13.4. The van der Waals surface area contributed by atoms with E-state index in [1.54, 1.807) is 36.9 Å². The number of carboxylic acid groups (broad SMARTS) is 1. The van der Waals surface area contributed by atoms with Gasteiger partial charge in [0.1, 0.15) is 5.56 Å². The van der Waals surface area contributed by atoms with E-state index >= 15 is 0 Å². The summed E-state index contributed by atoms with van der Waals surface area (Å²) in [6.07, 6.45) is 6.22. The van der Waals surface area contributed by atoms with Crippen molar-refractivity contribution >= 4 is 16.9 Å². The summed E-state index contributed by atoms with van der Waals surface area (Å²) in [4.78, 5) is 27.9. The van der Waals surface area contributed by atoms with Crippen molar-refractivity contribution in [2.75, 3.05) is 0 Å². The second-order valence-corrected chi connectivity index (χ2v) is 6.24. The molecule has 28 heavy (non-hydrogen) atoms. The van der Waals surface area contributed by atoms with Crippen molar-refractivity contribution in [1.29, 1.82) is 0 Å². The van der Waals surface area contributed by atoms with Crippen LogP contribution in [0.5, 0.6) is 0 Å². The predicted octanol–water partition coefficient (Wildman–Crippen LogP) is 3.21. The second-order valence-electron chi connectivity index (χ2n) is 6.24. The van der Waals surface area contributed by atoms with Crippen LogP contribution < -0.4 is 5.43 Å². The first-order valence-corrected chi connectivity index (χ1v) is 8.27. The van der Waals surface area contributed by atoms with Crippen molar-refractivity contribution < 1.29 is 18.7 Å². The molecule has 0 radical (unpaired) electrons. The van der Waals surface area contributed by atoms with E-state index in [1.165, 1.54) is 4.57 Å². The Balaban J connectivity index is 1.95. The van der Waals surface area contributed by atoms with Crippen LogP contribution in [0.15, 0.2) is 66.1 Å². The van der Waals surface area contributed by atoms with Crippen LogP contribution in [0.3, 0.4) is 0 Å². The standard InChI is InChI=1S/C20H13F2N3O3/c21-16-7-14-18(8-17(16)22)25(10-15(19(14)26)20(27)28)13-3-1-2-12(6-13)9-24-5-4-23-11-24/h1-8,10-11H,9H2,(H,27,28). The fourth-order valence-electron chi connectivity index (χ4n) is 3.08. The number of hydrogen-bond donors (Lipinski definition) is 1. The highest BCUT2D eigenvalue weighted by Gasteiger charge is 2.18. The van der Waals surface area contributed by atoms with Gasteiger partial charge in [0.05, 0.1) is 17.2 Å². The summed E-state index contributed by atoms with van der Waals surface area (Å²) >= 11 is 0. The lowest BCUT2D eigenvalue weighted by molar-refractivity contribution is 0.0695. The van der Waals surface area contributed by atoms with E-state index in [4.69, 9.17) is 0 Å². The molecule has 2 aromatic carbocycles. The van der Waals surface area contributed by atoms with Crippen molar-refractivity contribution in [3.8, 4) is 5.69 Å². The van der Waals surface area contributed by atoms with E-state index in [0.29, 0.717) is 12.2 Å². The van der Waals surface area contributed by atoms with Crippen molar-refractivity contribution in [2.24, 2.45) is 0 Å². The molecular weight excluding hydrogens is 368 g/mol. The molecule has 2 aromatic heterocycles. The zero-order valence-corrected chi connectivity index (χ0v) is 14.3. The number of hydrogen-bond acceptors (Lipinski definition) is 3. The van der Waals surface area contributed by atoms with E-state index in [-0.39, 0.29) is 10.9 Å². The number of benzene rings is 2. The smallest absolute Gasteiger partial charge is 0.341 e. The maximum Gasteiger partial charge on any atom is 0.341 e. The Kier molecular flexibility index (Phi) is 4.23. The van der Waals surface area contributed by atoms with Crippen molar-refractivity contribution in [3.05, 3.63) is 94.3 Å². The van der Waals surface area contributed by atoms with Gasteiger partial charge in [0.25, 0.3) is 0 Å². The number of halogens is 2. The summed E-state index contributed by atoms with van der Waals surface area (Å²) in [5.41, 5.74) is 0.0670. The predicted molar refractivity (Wildman–Crippen MR) is 97.7 cm³/mol. The molecule has 0 spiro atoms. The highest BCUT2D eigenvalue weighted by atomic mass is 19.2. The van der Waals surface area contributed by atoms with Crippen LogP contribution in [-0.4, -0.2) is 25.2 Å². The van der Waals surface area contributed by atoms with Crippen LogP contribution in [0.4, 0.5) is 8.78 Å². The second kappa shape index (κ2) is 6.73. The molecule has 0 saturated carbocycles. The minimum atomic E-state index is -1.44. The minimum Gasteiger partial charge on any atom is -0.477 e. The quantitative estimate of drug-likeness (QED) is 0.589. The molecule has 0 atom stereocenters. The van der Waals surface area contributed by atoms with Gasteiger partial charge in [0.15, 0.2) is 11.6 Å². The average Bonchev–Trinajstić information content (AvgIpc) is 3.16. The number of carbonyl (C=O) groups is 1. The zero-order chi connectivity index (χ0) is 19.8. The lowest BCUT2D eigenvalue weighted by Gasteiger charge is -2.14. The number of aromatic nitrogens is 3. The molecule has 0 aliphatic carbocycles. The first kappa shape index (κ1) is 17.6. The molecule has 0 aliphatic heterocycles. The first-order valence-electron chi connectivity index (χ1n) is 8.27. The number of pyridine rings is 1. The third-order valence-electron chi connectivity index (χ3n) is 4.39. The third-order valence-corrected chi connectivity index (χ3v) is 4.39. The van der Waals surface area contributed by atoms with Gasteiger partial charge in [-0.1, -0.05) is 12.1 Å². The van der Waals surface area contributed by atoms with Crippen LogP contribution in [0.1, 0.15) is 15.9 Å². The van der Waals surface area contributed by atoms with Gasteiger partial charge in [-0.15, -0.1) is 0 Å². The van der Waals surface area contributed by atoms with Crippen LogP contribution in [0, 0.1) is 11.6 Å². The molecule has 1 N–H and O–H groups in total. The fourth-order valence-corrected chi connectivity index (χ4v) is 3.08. The topological polar surface area (TPSA) is 77.1 Å². The highest BCUT2D eigenvalue weighted by Crippen LogP contribution is 2.22. The van der Waals surface area contributed by atoms with Gasteiger partial charge in [-0.25, -0.2) is 18.6 Å². The summed E-state index contributed by atoms with van der Waals surface area (Å²) < 4.78 is 30.8. The fraction of sp³-hybridized carbons (Fsp3) is 0.0500. The molecule has 8 heteroatoms. The summed E-state index contributed by atoms with van der Waals surface area (Å²) in [6.45, 7) is 0.515. The molecule has 6 nitrogen and oxygen atoms in total. The van der Waals surface area contributed by atoms with Crippen molar-refractivity contribution in [2.45, 2.75) is 6.54 Å². The minimum absolute atomic E-state index is 0.0775. The maximum absolute atomic E-state index is 13.8. The number of carboxylic acids is 1. The van der Waals surface area contributed by atoms with E-state index in [9.17, 15) is 23.5 Å². The summed E-state index contributed by atoms with van der Waals surface area (Å²) in [5, 5.41) is 9.15. The van der Waals surface area contributed by atoms with Crippen molar-refractivity contribution in [3.63, 3.8) is 0 Å². The Hall–Kier alpha value is -3.81. The molecule has 0 bridgehead atoms. The molecule has 2 heterocycles. The summed E-state index contributed by atoms with van der Waals surface area (Å²) in [7, 11) is 0. The molecule has 4 aromatic rings. The van der Waals surface area contributed by atoms with Crippen LogP contribution in [-0.2, 0) is 6.54 Å². The van der Waals surface area contributed by atoms with E-state index in [2.05, 4.69) is 4.98 Å². The van der Waals surface area contributed by atoms with Crippen molar-refractivity contribution in [1.82, 2.24) is 14.1 Å². The van der Waals surface area contributed by atoms with Crippen LogP contribution in [0.2, 0.25) is 0 Å². The highest BCUT2D eigenvalue weighted by molar-refractivity contribution is 5.93. The van der Waals surface area contributed by atoms with Gasteiger partial charge in [-0.05, 0) is 23.8 Å². The lowest BCUT2D eigenvalue weighted by atomic mass is 10.1. The van der Waals surface area contributed by atoms with Gasteiger partial charge in [-0.2, -0.15) is 0 Å². The van der Waals surface area contributed by atoms with Gasteiger partial charge in [0.2, 0.25) is 5.43 Å². The molecular formula is C20H13F2N3O3. The summed E-state index contributed by atoms with van der Waals surface area (Å²) in [6, 6.07) is 8.70. The molecule has 0 amide bonds. The van der Waals surface area contributed by atoms with Crippen LogP contribution >= 0.6 is 0 Å². The molecule has 0 fully saturated rings. The molecule has 0 aliphatic rings. The van der Waals surface area contributed by atoms with Crippen LogP contribution in [0.25, 0.3) is 16.6 Å². The number of rotatable bonds is 4. The Labute approximate surface area is 156 Å². The Morgan fingerprint density at radius 1 is 1.14 bits per heavy atom. The number of nitrogens with zero attached hydrogens (tertiary/aromatic N) is 3. The number of aromatic carboxylic acids is 1. The number of fused-ring (bicyclic) bond motifs is 1. The van der Waals surface area contributed by atoms with E-state index in [0.717, 1.165) is 23.9 Å². The number of imidazole rings is 1. The average molecular weight is 381 g/mol. The Bertz CT molecular complexity index is 1260. The molecule has 0 unspecified atom stereocenters. The normalized spacial score (nSPS) is 11.1. The third kappa shape index (κ3) is 3.05.